The highest BCUT2D eigenvalue weighted by atomic mass is 32.2. The second-order valence-electron chi connectivity index (χ2n) is 8.74. The Kier molecular flexibility index (Phi) is 7.13. The van der Waals surface area contributed by atoms with Crippen LogP contribution in [0.5, 0.6) is 5.75 Å². The van der Waals surface area contributed by atoms with Crippen LogP contribution in [0, 0.1) is 0 Å². The third-order valence-electron chi connectivity index (χ3n) is 6.04. The number of ether oxygens (including phenoxy) is 2. The van der Waals surface area contributed by atoms with Crippen LogP contribution in [0.25, 0.3) is 10.9 Å². The van der Waals surface area contributed by atoms with Crippen LogP contribution in [0.15, 0.2) is 53.6 Å². The number of amides is 1. The lowest BCUT2D eigenvalue weighted by Gasteiger charge is -2.17. The number of sulfonamides is 1. The first kappa shape index (κ1) is 24.7. The molecule has 1 saturated heterocycles. The predicted molar refractivity (Wildman–Crippen MR) is 132 cm³/mol. The summed E-state index contributed by atoms with van der Waals surface area (Å²) >= 11 is 0. The summed E-state index contributed by atoms with van der Waals surface area (Å²) < 4.78 is 40.1. The zero-order valence-corrected chi connectivity index (χ0v) is 20.7. The van der Waals surface area contributed by atoms with Crippen molar-refractivity contribution in [2.75, 3.05) is 25.5 Å². The van der Waals surface area contributed by atoms with Gasteiger partial charge in [-0.1, -0.05) is 6.07 Å². The summed E-state index contributed by atoms with van der Waals surface area (Å²) in [5.41, 5.74) is 2.30. The molecule has 0 spiro atoms. The molecule has 1 aromatic heterocycles. The van der Waals surface area contributed by atoms with Gasteiger partial charge in [0.05, 0.1) is 30.2 Å². The van der Waals surface area contributed by atoms with Gasteiger partial charge < -0.3 is 18.8 Å². The Balaban J connectivity index is 1.58. The van der Waals surface area contributed by atoms with Crippen molar-refractivity contribution in [3.63, 3.8) is 0 Å². The van der Waals surface area contributed by atoms with Crippen molar-refractivity contribution in [1.29, 1.82) is 0 Å². The Hall–Kier alpha value is -3.37. The van der Waals surface area contributed by atoms with Gasteiger partial charge >= 0.3 is 6.09 Å². The third kappa shape index (κ3) is 5.18. The SMILES string of the molecule is COC(=O)Nc1ccc2c(C3CCN(S(=O)(=O)c4ccc(OC(C)C)cc4)C3)cn(CC=O)c2c1. The monoisotopic (exact) mass is 499 g/mol. The zero-order chi connectivity index (χ0) is 25.2. The van der Waals surface area contributed by atoms with Crippen LogP contribution >= 0.6 is 0 Å². The molecule has 1 aliphatic rings. The van der Waals surface area contributed by atoms with Crippen LogP contribution < -0.4 is 10.1 Å². The van der Waals surface area contributed by atoms with E-state index in [0.29, 0.717) is 30.9 Å². The largest absolute Gasteiger partial charge is 0.491 e. The summed E-state index contributed by atoms with van der Waals surface area (Å²) in [7, 11) is -2.36. The van der Waals surface area contributed by atoms with Crippen LogP contribution in [0.2, 0.25) is 0 Å². The van der Waals surface area contributed by atoms with Crippen LogP contribution in [0.3, 0.4) is 0 Å². The molecular weight excluding hydrogens is 470 g/mol. The second-order valence-corrected chi connectivity index (χ2v) is 10.7. The van der Waals surface area contributed by atoms with E-state index in [1.165, 1.54) is 11.4 Å². The first-order valence-electron chi connectivity index (χ1n) is 11.4. The van der Waals surface area contributed by atoms with Crippen LogP contribution in [-0.4, -0.2) is 56.0 Å². The second kappa shape index (κ2) is 10.1. The number of nitrogens with zero attached hydrogens (tertiary/aromatic N) is 2. The number of anilines is 1. The molecule has 0 bridgehead atoms. The summed E-state index contributed by atoms with van der Waals surface area (Å²) in [5, 5.41) is 3.55. The number of nitrogens with one attached hydrogen (secondary N) is 1. The Morgan fingerprint density at radius 1 is 1.20 bits per heavy atom. The molecule has 1 atom stereocenters. The smallest absolute Gasteiger partial charge is 0.411 e. The molecule has 35 heavy (non-hydrogen) atoms. The highest BCUT2D eigenvalue weighted by molar-refractivity contribution is 7.89. The van der Waals surface area contributed by atoms with E-state index in [1.807, 2.05) is 30.7 Å². The lowest BCUT2D eigenvalue weighted by molar-refractivity contribution is -0.108. The topological polar surface area (TPSA) is 107 Å². The number of rotatable bonds is 8. The summed E-state index contributed by atoms with van der Waals surface area (Å²) in [5.74, 6) is 0.602. The molecule has 1 N–H and O–H groups in total. The van der Waals surface area contributed by atoms with Crippen molar-refractivity contribution in [2.45, 2.75) is 43.7 Å². The molecule has 0 radical (unpaired) electrons. The van der Waals surface area contributed by atoms with Gasteiger partial charge in [-0.3, -0.25) is 5.32 Å². The fourth-order valence-corrected chi connectivity index (χ4v) is 5.94. The number of aromatic nitrogens is 1. The van der Waals surface area contributed by atoms with E-state index in [2.05, 4.69) is 10.1 Å². The minimum Gasteiger partial charge on any atom is -0.491 e. The molecule has 1 fully saturated rings. The molecule has 9 nitrogen and oxygen atoms in total. The summed E-state index contributed by atoms with van der Waals surface area (Å²) in [6.45, 7) is 4.72. The van der Waals surface area contributed by atoms with Gasteiger partial charge in [0.15, 0.2) is 0 Å². The number of fused-ring (bicyclic) bond motifs is 1. The summed E-state index contributed by atoms with van der Waals surface area (Å²) in [4.78, 5) is 23.1. The van der Waals surface area contributed by atoms with Gasteiger partial charge in [-0.25, -0.2) is 13.2 Å². The van der Waals surface area contributed by atoms with E-state index in [4.69, 9.17) is 4.74 Å². The first-order chi connectivity index (χ1) is 16.7. The maximum atomic E-state index is 13.3. The molecule has 0 aliphatic carbocycles. The van der Waals surface area contributed by atoms with Gasteiger partial charge in [-0.05, 0) is 62.2 Å². The molecule has 1 amide bonds. The molecule has 1 aliphatic heterocycles. The Morgan fingerprint density at radius 2 is 1.94 bits per heavy atom. The number of hydrogen-bond acceptors (Lipinski definition) is 6. The number of aldehydes is 1. The van der Waals surface area contributed by atoms with E-state index in [0.717, 1.165) is 22.8 Å². The molecule has 2 aromatic carbocycles. The fraction of sp³-hybridized carbons (Fsp3) is 0.360. The average Bonchev–Trinajstić information content (AvgIpc) is 3.45. The van der Waals surface area contributed by atoms with E-state index in [9.17, 15) is 18.0 Å². The molecular formula is C25H29N3O6S. The Morgan fingerprint density at radius 3 is 2.60 bits per heavy atom. The molecule has 10 heteroatoms. The van der Waals surface area contributed by atoms with Crippen molar-refractivity contribution >= 4 is 39.0 Å². The van der Waals surface area contributed by atoms with Crippen molar-refractivity contribution in [3.05, 3.63) is 54.2 Å². The van der Waals surface area contributed by atoms with Crippen molar-refractivity contribution < 1.29 is 27.5 Å². The van der Waals surface area contributed by atoms with Crippen molar-refractivity contribution in [1.82, 2.24) is 8.87 Å². The summed E-state index contributed by atoms with van der Waals surface area (Å²) in [6.07, 6.45) is 2.79. The fourth-order valence-electron chi connectivity index (χ4n) is 4.44. The van der Waals surface area contributed by atoms with Gasteiger partial charge in [0.1, 0.15) is 12.0 Å². The standard InChI is InChI=1S/C25H29N3O6S/c1-17(2)34-20-5-7-21(8-6-20)35(31,32)28-11-10-18(15-28)23-16-27(12-13-29)24-14-19(4-9-22(23)24)26-25(30)33-3/h4-9,13-14,16-18H,10-12,15H2,1-3H3,(H,26,30). The third-order valence-corrected chi connectivity index (χ3v) is 7.92. The Labute approximate surface area is 204 Å². The minimum absolute atomic E-state index is 0.00506. The molecule has 0 saturated carbocycles. The lowest BCUT2D eigenvalue weighted by atomic mass is 9.98. The van der Waals surface area contributed by atoms with Gasteiger partial charge in [-0.15, -0.1) is 0 Å². The van der Waals surface area contributed by atoms with Crippen LogP contribution in [0.1, 0.15) is 31.7 Å². The van der Waals surface area contributed by atoms with Gasteiger partial charge in [-0.2, -0.15) is 4.31 Å². The van der Waals surface area contributed by atoms with E-state index >= 15 is 0 Å². The minimum atomic E-state index is -3.65. The van der Waals surface area contributed by atoms with Crippen LogP contribution in [-0.2, 0) is 26.1 Å². The van der Waals surface area contributed by atoms with Crippen molar-refractivity contribution in [2.24, 2.45) is 0 Å². The zero-order valence-electron chi connectivity index (χ0n) is 19.9. The van der Waals surface area contributed by atoms with Gasteiger partial charge in [0.2, 0.25) is 10.0 Å². The Bertz CT molecular complexity index is 1330. The molecule has 2 heterocycles. The lowest BCUT2D eigenvalue weighted by Crippen LogP contribution is -2.28. The number of carbonyl (C=O) groups excluding carboxylic acids is 2. The van der Waals surface area contributed by atoms with Crippen molar-refractivity contribution in [3.8, 4) is 5.75 Å². The highest BCUT2D eigenvalue weighted by Crippen LogP contribution is 2.37. The predicted octanol–water partition coefficient (Wildman–Crippen LogP) is 3.98. The van der Waals surface area contributed by atoms with Gasteiger partial charge in [0.25, 0.3) is 0 Å². The van der Waals surface area contributed by atoms with E-state index in [-0.39, 0.29) is 23.5 Å². The average molecular weight is 500 g/mol. The quantitative estimate of drug-likeness (QED) is 0.470. The number of methoxy groups -OCH3 is 1. The van der Waals surface area contributed by atoms with E-state index in [1.54, 1.807) is 36.4 Å². The summed E-state index contributed by atoms with van der Waals surface area (Å²) in [6, 6.07) is 11.9. The van der Waals surface area contributed by atoms with E-state index < -0.39 is 16.1 Å². The highest BCUT2D eigenvalue weighted by Gasteiger charge is 2.34. The number of benzene rings is 2. The molecule has 4 rings (SSSR count). The maximum absolute atomic E-state index is 13.3. The normalized spacial score (nSPS) is 16.5. The molecule has 3 aromatic rings. The molecule has 1 unspecified atom stereocenters. The van der Waals surface area contributed by atoms with Gasteiger partial charge in [0, 0.05) is 36.3 Å². The van der Waals surface area contributed by atoms with Crippen LogP contribution in [0.4, 0.5) is 10.5 Å². The number of hydrogen-bond donors (Lipinski definition) is 1. The number of carbonyl (C=O) groups is 2. The maximum Gasteiger partial charge on any atom is 0.411 e. The molecule has 186 valence electrons. The first-order valence-corrected chi connectivity index (χ1v) is 12.8.